The average Bonchev–Trinajstić information content (AvgIpc) is 2.88. The molecular weight excluding hydrogens is 280 g/mol. The molecule has 2 fully saturated rings. The van der Waals surface area contributed by atoms with Crippen LogP contribution in [-0.2, 0) is 0 Å². The van der Waals surface area contributed by atoms with Crippen molar-refractivity contribution in [3.05, 3.63) is 0 Å². The molecule has 4 heteroatoms. The Kier molecular flexibility index (Phi) is 10.5. The lowest BCUT2D eigenvalue weighted by Gasteiger charge is -2.19. The van der Waals surface area contributed by atoms with Gasteiger partial charge in [0.25, 0.3) is 0 Å². The van der Waals surface area contributed by atoms with Crippen molar-refractivity contribution in [3.63, 3.8) is 0 Å². The van der Waals surface area contributed by atoms with Crippen molar-refractivity contribution in [2.24, 2.45) is 0 Å². The minimum Gasteiger partial charge on any atom is -0.396 e. The maximum Gasteiger partial charge on any atom is 0.0443 e. The lowest BCUT2D eigenvalue weighted by atomic mass is 10.2. The molecule has 2 rings (SSSR count). The molecule has 2 heterocycles. The van der Waals surface area contributed by atoms with Crippen LogP contribution in [-0.4, -0.2) is 48.3 Å². The Morgan fingerprint density at radius 2 is 2.00 bits per heavy atom. The molecule has 0 radical (unpaired) electrons. The van der Waals surface area contributed by atoms with E-state index in [1.54, 1.807) is 0 Å². The summed E-state index contributed by atoms with van der Waals surface area (Å²) in [6, 6.07) is 1.55. The molecule has 0 saturated carbocycles. The molecule has 0 aromatic carbocycles. The monoisotopic (exact) mass is 308 g/mol. The van der Waals surface area contributed by atoms with Crippen LogP contribution in [0.5, 0.6) is 0 Å². The second kappa shape index (κ2) is 10.3. The van der Waals surface area contributed by atoms with Gasteiger partial charge in [-0.05, 0) is 59.0 Å². The molecule has 2 saturated heterocycles. The fraction of sp³-hybridized carbons (Fsp3) is 1.00. The van der Waals surface area contributed by atoms with Crippen molar-refractivity contribution in [1.82, 2.24) is 10.2 Å². The minimum absolute atomic E-state index is 0. The highest BCUT2D eigenvalue weighted by Gasteiger charge is 2.18. The van der Waals surface area contributed by atoms with E-state index in [2.05, 4.69) is 24.1 Å². The molecule has 0 amide bonds. The number of aliphatic hydroxyl groups is 1. The Morgan fingerprint density at radius 1 is 1.24 bits per heavy atom. The van der Waals surface area contributed by atoms with Gasteiger partial charge in [0.1, 0.15) is 0 Å². The zero-order valence-corrected chi connectivity index (χ0v) is 13.0. The highest BCUT2D eigenvalue weighted by Crippen LogP contribution is 2.15. The summed E-state index contributed by atoms with van der Waals surface area (Å²) < 4.78 is 0. The van der Waals surface area contributed by atoms with Gasteiger partial charge >= 0.3 is 0 Å². The van der Waals surface area contributed by atoms with Crippen molar-refractivity contribution < 1.29 is 5.11 Å². The molecule has 2 atom stereocenters. The molecule has 0 unspecified atom stereocenters. The number of nitrogens with zero attached hydrogens (tertiary/aromatic N) is 1. The number of likely N-dealkylation sites (tertiary alicyclic amines) is 1. The molecule has 2 aliphatic heterocycles. The van der Waals surface area contributed by atoms with Gasteiger partial charge in [0, 0.05) is 25.2 Å². The van der Waals surface area contributed by atoms with Gasteiger partial charge in [0.2, 0.25) is 0 Å². The summed E-state index contributed by atoms with van der Waals surface area (Å²) in [4.78, 5) is 2.45. The van der Waals surface area contributed by atoms with Gasteiger partial charge < -0.3 is 15.3 Å². The highest BCUT2D eigenvalue weighted by molar-refractivity contribution is 8.93. The fourth-order valence-electron chi connectivity index (χ4n) is 2.46. The lowest BCUT2D eigenvalue weighted by Crippen LogP contribution is -2.28. The molecule has 0 spiro atoms. The first kappa shape index (κ1) is 17.4. The topological polar surface area (TPSA) is 35.5 Å². The average molecular weight is 309 g/mol. The van der Waals surface area contributed by atoms with Gasteiger partial charge in [-0.25, -0.2) is 0 Å². The van der Waals surface area contributed by atoms with Gasteiger partial charge in [-0.1, -0.05) is 0 Å². The molecule has 2 N–H and O–H groups in total. The molecular formula is C13H29BrN2O. The predicted octanol–water partition coefficient (Wildman–Crippen LogP) is 2.19. The van der Waals surface area contributed by atoms with E-state index in [0.717, 1.165) is 25.0 Å². The van der Waals surface area contributed by atoms with Crippen molar-refractivity contribution in [2.75, 3.05) is 26.2 Å². The number of rotatable bonds is 3. The molecule has 104 valence electrons. The smallest absolute Gasteiger partial charge is 0.0443 e. The second-order valence-electron chi connectivity index (χ2n) is 5.10. The van der Waals surface area contributed by atoms with Crippen LogP contribution in [0, 0.1) is 0 Å². The molecule has 0 bridgehead atoms. The summed E-state index contributed by atoms with van der Waals surface area (Å²) in [6.07, 6.45) is 6.36. The number of hydrogen-bond acceptors (Lipinski definition) is 3. The summed E-state index contributed by atoms with van der Waals surface area (Å²) in [5.41, 5.74) is 0. The third kappa shape index (κ3) is 7.39. The van der Waals surface area contributed by atoms with E-state index in [4.69, 9.17) is 5.11 Å². The van der Waals surface area contributed by atoms with Crippen molar-refractivity contribution >= 4 is 17.0 Å². The predicted molar refractivity (Wildman–Crippen MR) is 79.0 cm³/mol. The molecule has 0 aromatic rings. The summed E-state index contributed by atoms with van der Waals surface area (Å²) >= 11 is 0. The Bertz CT molecular complexity index is 175. The molecule has 0 aliphatic carbocycles. The van der Waals surface area contributed by atoms with Crippen molar-refractivity contribution in [3.8, 4) is 0 Å². The normalized spacial score (nSPS) is 28.4. The summed E-state index contributed by atoms with van der Waals surface area (Å²) in [5.74, 6) is 0. The third-order valence-electron chi connectivity index (χ3n) is 3.60. The van der Waals surface area contributed by atoms with E-state index in [9.17, 15) is 0 Å². The third-order valence-corrected chi connectivity index (χ3v) is 3.60. The lowest BCUT2D eigenvalue weighted by molar-refractivity contribution is 0.220. The van der Waals surface area contributed by atoms with Crippen LogP contribution < -0.4 is 5.32 Å². The number of hydrogen-bond donors (Lipinski definition) is 2. The van der Waals surface area contributed by atoms with Crippen LogP contribution in [0.25, 0.3) is 0 Å². The maximum absolute atomic E-state index is 8.59. The quantitative estimate of drug-likeness (QED) is 0.839. The van der Waals surface area contributed by atoms with Crippen LogP contribution in [0.15, 0.2) is 0 Å². The zero-order chi connectivity index (χ0) is 11.8. The number of aliphatic hydroxyl groups excluding tert-OH is 1. The van der Waals surface area contributed by atoms with Crippen molar-refractivity contribution in [2.45, 2.75) is 58.0 Å². The molecule has 2 aliphatic rings. The molecule has 0 aromatic heterocycles. The fourth-order valence-corrected chi connectivity index (χ4v) is 2.46. The van der Waals surface area contributed by atoms with Crippen molar-refractivity contribution in [1.29, 1.82) is 0 Å². The van der Waals surface area contributed by atoms with Gasteiger partial charge in [-0.15, -0.1) is 17.0 Å². The summed E-state index contributed by atoms with van der Waals surface area (Å²) in [7, 11) is 0. The first-order valence-corrected chi connectivity index (χ1v) is 6.82. The van der Waals surface area contributed by atoms with Crippen LogP contribution in [0.2, 0.25) is 0 Å². The van der Waals surface area contributed by atoms with Crippen LogP contribution in [0.4, 0.5) is 0 Å². The van der Waals surface area contributed by atoms with E-state index in [0.29, 0.717) is 6.61 Å². The largest absolute Gasteiger partial charge is 0.396 e. The standard InChI is InChI=1S/C8H17NO.C5H11N.BrH/c1-8-4-2-5-9(8)6-3-7-10;1-5-3-2-4-6-5;/h8,10H,2-7H2,1H3;5-6H,2-4H2,1H3;1H/t8-;5-;/m00./s1. The molecule has 17 heavy (non-hydrogen) atoms. The number of nitrogens with one attached hydrogen (secondary N) is 1. The van der Waals surface area contributed by atoms with E-state index in [1.807, 2.05) is 0 Å². The minimum atomic E-state index is 0. The van der Waals surface area contributed by atoms with E-state index in [-0.39, 0.29) is 17.0 Å². The van der Waals surface area contributed by atoms with Crippen LogP contribution >= 0.6 is 17.0 Å². The van der Waals surface area contributed by atoms with Crippen LogP contribution in [0.3, 0.4) is 0 Å². The van der Waals surface area contributed by atoms with Crippen LogP contribution in [0.1, 0.15) is 46.0 Å². The van der Waals surface area contributed by atoms with Gasteiger partial charge in [-0.2, -0.15) is 0 Å². The first-order valence-electron chi connectivity index (χ1n) is 6.82. The van der Waals surface area contributed by atoms with E-state index < -0.39 is 0 Å². The van der Waals surface area contributed by atoms with E-state index >= 15 is 0 Å². The SMILES string of the molecule is Br.C[C@H]1CCCN1.C[C@H]1CCCN1CCCO. The first-order chi connectivity index (χ1) is 7.74. The molecule has 3 nitrogen and oxygen atoms in total. The Balaban J connectivity index is 0.000000316. The van der Waals surface area contributed by atoms with Gasteiger partial charge in [0.15, 0.2) is 0 Å². The Morgan fingerprint density at radius 3 is 2.35 bits per heavy atom. The number of halogens is 1. The van der Waals surface area contributed by atoms with Gasteiger partial charge in [0.05, 0.1) is 0 Å². The summed E-state index contributed by atoms with van der Waals surface area (Å²) in [6.45, 7) is 8.39. The van der Waals surface area contributed by atoms with Gasteiger partial charge in [-0.3, -0.25) is 0 Å². The Hall–Kier alpha value is 0.360. The second-order valence-corrected chi connectivity index (χ2v) is 5.10. The zero-order valence-electron chi connectivity index (χ0n) is 11.3. The maximum atomic E-state index is 8.59. The summed E-state index contributed by atoms with van der Waals surface area (Å²) in [5, 5.41) is 11.9. The van der Waals surface area contributed by atoms with E-state index in [1.165, 1.54) is 38.8 Å². The highest BCUT2D eigenvalue weighted by atomic mass is 79.9. The Labute approximate surface area is 117 Å².